The van der Waals surface area contributed by atoms with E-state index in [4.69, 9.17) is 30.5 Å². The molecule has 0 bridgehead atoms. The van der Waals surface area contributed by atoms with Gasteiger partial charge < -0.3 is 18.9 Å². The summed E-state index contributed by atoms with van der Waals surface area (Å²) < 4.78 is 21.7. The predicted octanol–water partition coefficient (Wildman–Crippen LogP) is 3.70. The van der Waals surface area contributed by atoms with Gasteiger partial charge in [0.1, 0.15) is 6.61 Å². The van der Waals surface area contributed by atoms with Crippen molar-refractivity contribution in [2.24, 2.45) is 0 Å². The van der Waals surface area contributed by atoms with Crippen LogP contribution in [0.25, 0.3) is 0 Å². The van der Waals surface area contributed by atoms with Gasteiger partial charge in [0.25, 0.3) is 0 Å². The lowest BCUT2D eigenvalue weighted by molar-refractivity contribution is -0.136. The van der Waals surface area contributed by atoms with Gasteiger partial charge in [-0.2, -0.15) is 0 Å². The van der Waals surface area contributed by atoms with Crippen molar-refractivity contribution in [3.05, 3.63) is 58.3 Å². The first kappa shape index (κ1) is 20.1. The highest BCUT2D eigenvalue weighted by atomic mass is 35.5. The molecule has 0 aromatic heterocycles. The van der Waals surface area contributed by atoms with E-state index in [1.165, 1.54) is 26.2 Å². The minimum atomic E-state index is -0.527. The Morgan fingerprint density at radius 1 is 0.967 bits per heavy atom. The van der Waals surface area contributed by atoms with Crippen LogP contribution in [0.3, 0.4) is 0 Å². The van der Waals surface area contributed by atoms with Crippen LogP contribution >= 0.6 is 11.6 Å². The predicted molar refractivity (Wildman–Crippen MR) is 110 cm³/mol. The summed E-state index contributed by atoms with van der Waals surface area (Å²) >= 11 is 5.98. The molecular weight excluding hydrogens is 410 g/mol. The Labute approximate surface area is 178 Å². The number of rotatable bonds is 5. The van der Waals surface area contributed by atoms with Crippen molar-refractivity contribution in [2.45, 2.75) is 12.3 Å². The molecule has 0 aliphatic carbocycles. The number of ether oxygens (including phenoxy) is 4. The van der Waals surface area contributed by atoms with E-state index >= 15 is 0 Å². The molecule has 1 amide bonds. The van der Waals surface area contributed by atoms with Crippen molar-refractivity contribution in [3.8, 4) is 17.2 Å². The maximum Gasteiger partial charge on any atom is 0.336 e. The minimum absolute atomic E-state index is 0.0225. The van der Waals surface area contributed by atoms with Crippen LogP contribution in [0.5, 0.6) is 17.2 Å². The van der Waals surface area contributed by atoms with E-state index in [9.17, 15) is 9.59 Å². The average molecular weight is 430 g/mol. The summed E-state index contributed by atoms with van der Waals surface area (Å²) in [5.41, 5.74) is 2.26. The first-order chi connectivity index (χ1) is 14.5. The van der Waals surface area contributed by atoms with Crippen molar-refractivity contribution < 1.29 is 28.5 Å². The Bertz CT molecular complexity index is 1050. The number of cyclic esters (lactones) is 1. The molecule has 0 radical (unpaired) electrons. The second kappa shape index (κ2) is 7.91. The number of benzene rings is 2. The fourth-order valence-electron chi connectivity index (χ4n) is 4.01. The number of hydrogen-bond acceptors (Lipinski definition) is 6. The number of amides is 1. The number of methoxy groups -OCH3 is 3. The molecule has 2 aromatic rings. The van der Waals surface area contributed by atoms with Gasteiger partial charge in [0.15, 0.2) is 11.5 Å². The number of esters is 1. The SMILES string of the molecule is COc1ccc(C2CC(=O)N(c3ccc(Cl)cc3)C3=C2C(=O)OC3)c(OC)c1OC. The highest BCUT2D eigenvalue weighted by Crippen LogP contribution is 2.49. The van der Waals surface area contributed by atoms with E-state index in [2.05, 4.69) is 0 Å². The summed E-state index contributed by atoms with van der Waals surface area (Å²) in [6, 6.07) is 10.4. The second-order valence-electron chi connectivity index (χ2n) is 6.82. The van der Waals surface area contributed by atoms with Crippen LogP contribution in [-0.2, 0) is 14.3 Å². The Hall–Kier alpha value is -3.19. The molecule has 0 saturated heterocycles. The van der Waals surface area contributed by atoms with Crippen LogP contribution in [0.4, 0.5) is 5.69 Å². The minimum Gasteiger partial charge on any atom is -0.493 e. The first-order valence-corrected chi connectivity index (χ1v) is 9.65. The first-order valence-electron chi connectivity index (χ1n) is 9.27. The van der Waals surface area contributed by atoms with Crippen LogP contribution < -0.4 is 19.1 Å². The molecule has 7 nitrogen and oxygen atoms in total. The van der Waals surface area contributed by atoms with E-state index < -0.39 is 11.9 Å². The molecule has 4 rings (SSSR count). The standard InChI is InChI=1S/C22H20ClNO6/c1-27-17-9-8-14(20(28-2)21(17)29-3)15-10-18(25)24(13-6-4-12(23)5-7-13)16-11-30-22(26)19(15)16/h4-9,15H,10-11H2,1-3H3. The van der Waals surface area contributed by atoms with Gasteiger partial charge >= 0.3 is 5.97 Å². The van der Waals surface area contributed by atoms with Crippen molar-refractivity contribution >= 4 is 29.2 Å². The van der Waals surface area contributed by atoms with Crippen LogP contribution in [0.1, 0.15) is 17.9 Å². The molecule has 156 valence electrons. The highest BCUT2D eigenvalue weighted by Gasteiger charge is 2.44. The number of nitrogens with zero attached hydrogens (tertiary/aromatic N) is 1. The molecule has 2 heterocycles. The van der Waals surface area contributed by atoms with Gasteiger partial charge in [0, 0.05) is 28.6 Å². The zero-order chi connectivity index (χ0) is 21.4. The van der Waals surface area contributed by atoms with E-state index in [-0.39, 0.29) is 18.9 Å². The maximum absolute atomic E-state index is 13.2. The largest absolute Gasteiger partial charge is 0.493 e. The van der Waals surface area contributed by atoms with E-state index in [0.29, 0.717) is 44.8 Å². The van der Waals surface area contributed by atoms with Gasteiger partial charge in [-0.3, -0.25) is 9.69 Å². The maximum atomic E-state index is 13.2. The molecule has 0 saturated carbocycles. The molecule has 0 spiro atoms. The Kier molecular flexibility index (Phi) is 5.30. The number of halogens is 1. The average Bonchev–Trinajstić information content (AvgIpc) is 3.14. The summed E-state index contributed by atoms with van der Waals surface area (Å²) in [6.07, 6.45) is 0.0718. The zero-order valence-corrected chi connectivity index (χ0v) is 17.5. The Morgan fingerprint density at radius 3 is 2.30 bits per heavy atom. The number of anilines is 1. The third kappa shape index (κ3) is 3.15. The van der Waals surface area contributed by atoms with Gasteiger partial charge in [-0.25, -0.2) is 4.79 Å². The molecule has 8 heteroatoms. The van der Waals surface area contributed by atoms with Gasteiger partial charge in [-0.1, -0.05) is 17.7 Å². The summed E-state index contributed by atoms with van der Waals surface area (Å²) in [6.45, 7) is 0.0225. The molecule has 2 aliphatic rings. The lowest BCUT2D eigenvalue weighted by Crippen LogP contribution is -2.37. The summed E-state index contributed by atoms with van der Waals surface area (Å²) in [5.74, 6) is 0.182. The molecule has 0 fully saturated rings. The van der Waals surface area contributed by atoms with E-state index in [1.54, 1.807) is 36.4 Å². The summed E-state index contributed by atoms with van der Waals surface area (Å²) in [5, 5.41) is 0.559. The van der Waals surface area contributed by atoms with Crippen LogP contribution in [0.2, 0.25) is 5.02 Å². The number of hydrogen-bond donors (Lipinski definition) is 0. The van der Waals surface area contributed by atoms with Crippen molar-refractivity contribution in [3.63, 3.8) is 0 Å². The van der Waals surface area contributed by atoms with Gasteiger partial charge in [-0.15, -0.1) is 0 Å². The molecular formula is C22H20ClNO6. The quantitative estimate of drug-likeness (QED) is 0.675. The lowest BCUT2D eigenvalue weighted by Gasteiger charge is -2.32. The van der Waals surface area contributed by atoms with Crippen LogP contribution in [-0.4, -0.2) is 39.8 Å². The fourth-order valence-corrected chi connectivity index (χ4v) is 4.13. The summed E-state index contributed by atoms with van der Waals surface area (Å²) in [7, 11) is 4.54. The third-order valence-corrected chi connectivity index (χ3v) is 5.56. The fraction of sp³-hybridized carbons (Fsp3) is 0.273. The van der Waals surface area contributed by atoms with Gasteiger partial charge in [-0.05, 0) is 30.3 Å². The highest BCUT2D eigenvalue weighted by molar-refractivity contribution is 6.30. The van der Waals surface area contributed by atoms with Crippen LogP contribution in [0, 0.1) is 0 Å². The molecule has 30 heavy (non-hydrogen) atoms. The molecule has 0 N–H and O–H groups in total. The smallest absolute Gasteiger partial charge is 0.336 e. The Balaban J connectivity index is 1.86. The van der Waals surface area contributed by atoms with Crippen molar-refractivity contribution in [1.82, 2.24) is 0 Å². The molecule has 2 aliphatic heterocycles. The van der Waals surface area contributed by atoms with Crippen molar-refractivity contribution in [2.75, 3.05) is 32.8 Å². The topological polar surface area (TPSA) is 74.3 Å². The third-order valence-electron chi connectivity index (χ3n) is 5.31. The molecule has 1 atom stereocenters. The molecule has 1 unspecified atom stereocenters. The number of carbonyl (C=O) groups excluding carboxylic acids is 2. The lowest BCUT2D eigenvalue weighted by atomic mass is 9.83. The van der Waals surface area contributed by atoms with Gasteiger partial charge in [0.05, 0.1) is 32.6 Å². The monoisotopic (exact) mass is 429 g/mol. The number of carbonyl (C=O) groups is 2. The van der Waals surface area contributed by atoms with Crippen molar-refractivity contribution in [1.29, 1.82) is 0 Å². The molecule has 2 aromatic carbocycles. The Morgan fingerprint density at radius 2 is 1.67 bits per heavy atom. The van der Waals surface area contributed by atoms with E-state index in [0.717, 1.165) is 0 Å². The van der Waals surface area contributed by atoms with E-state index in [1.807, 2.05) is 0 Å². The van der Waals surface area contributed by atoms with Gasteiger partial charge in [0.2, 0.25) is 11.7 Å². The van der Waals surface area contributed by atoms with Crippen LogP contribution in [0.15, 0.2) is 47.7 Å². The second-order valence-corrected chi connectivity index (χ2v) is 7.26. The summed E-state index contributed by atoms with van der Waals surface area (Å²) in [4.78, 5) is 27.4. The normalized spacial score (nSPS) is 18.3. The zero-order valence-electron chi connectivity index (χ0n) is 16.7.